The lowest BCUT2D eigenvalue weighted by molar-refractivity contribution is 0.0487. The van der Waals surface area contributed by atoms with Crippen LogP contribution in [0.4, 0.5) is 5.69 Å². The summed E-state index contributed by atoms with van der Waals surface area (Å²) in [4.78, 5) is 4.98. The molecule has 2 N–H and O–H groups in total. The van der Waals surface area contributed by atoms with Crippen LogP contribution < -0.4 is 14.3 Å². The van der Waals surface area contributed by atoms with Crippen LogP contribution in [0.25, 0.3) is 0 Å². The summed E-state index contributed by atoms with van der Waals surface area (Å²) in [5.41, 5.74) is 1.24. The largest absolute Gasteiger partial charge is 0.369 e. The summed E-state index contributed by atoms with van der Waals surface area (Å²) in [6.07, 6.45) is 6.58. The van der Waals surface area contributed by atoms with Gasteiger partial charge in [0.05, 0.1) is 0 Å². The minimum atomic E-state index is -3.41. The first-order chi connectivity index (χ1) is 13.0. The molecule has 0 amide bonds. The predicted molar refractivity (Wildman–Crippen MR) is 111 cm³/mol. The zero-order chi connectivity index (χ0) is 19.2. The predicted octanol–water partition coefficient (Wildman–Crippen LogP) is 2.35. The second-order valence-corrected chi connectivity index (χ2v) is 9.40. The summed E-state index contributed by atoms with van der Waals surface area (Å²) in [6, 6.07) is 10.6. The third-order valence-electron chi connectivity index (χ3n) is 5.99. The lowest BCUT2D eigenvalue weighted by Crippen LogP contribution is -2.62. The van der Waals surface area contributed by atoms with Gasteiger partial charge in [-0.1, -0.05) is 44.4 Å². The van der Waals surface area contributed by atoms with Crippen molar-refractivity contribution < 1.29 is 8.42 Å². The average Bonchev–Trinajstić information content (AvgIpc) is 2.72. The van der Waals surface area contributed by atoms with Gasteiger partial charge in [-0.05, 0) is 31.4 Å². The fourth-order valence-electron chi connectivity index (χ4n) is 4.41. The second kappa shape index (κ2) is 9.37. The first kappa shape index (κ1) is 20.6. The SMILES string of the molecule is CCCNS(=O)(=O)NCC1(N2CCN(c3ccccc3)CC2)CCCCC1. The van der Waals surface area contributed by atoms with Crippen LogP contribution in [0.15, 0.2) is 30.3 Å². The van der Waals surface area contributed by atoms with Gasteiger partial charge in [-0.15, -0.1) is 0 Å². The number of hydrogen-bond donors (Lipinski definition) is 2. The Morgan fingerprint density at radius 3 is 2.26 bits per heavy atom. The zero-order valence-electron chi connectivity index (χ0n) is 16.5. The number of benzene rings is 1. The lowest BCUT2D eigenvalue weighted by Gasteiger charge is -2.50. The van der Waals surface area contributed by atoms with Crippen molar-refractivity contribution in [1.82, 2.24) is 14.3 Å². The van der Waals surface area contributed by atoms with E-state index in [-0.39, 0.29) is 5.54 Å². The highest BCUT2D eigenvalue weighted by atomic mass is 32.2. The lowest BCUT2D eigenvalue weighted by atomic mass is 9.80. The van der Waals surface area contributed by atoms with Crippen molar-refractivity contribution in [3.8, 4) is 0 Å². The number of nitrogens with one attached hydrogen (secondary N) is 2. The summed E-state index contributed by atoms with van der Waals surface area (Å²) >= 11 is 0. The Morgan fingerprint density at radius 2 is 1.63 bits per heavy atom. The maximum atomic E-state index is 12.2. The van der Waals surface area contributed by atoms with Crippen LogP contribution in [0.1, 0.15) is 45.4 Å². The van der Waals surface area contributed by atoms with E-state index >= 15 is 0 Å². The van der Waals surface area contributed by atoms with Gasteiger partial charge in [0.25, 0.3) is 10.2 Å². The Labute approximate surface area is 164 Å². The van der Waals surface area contributed by atoms with E-state index in [1.807, 2.05) is 6.92 Å². The highest BCUT2D eigenvalue weighted by molar-refractivity contribution is 7.87. The van der Waals surface area contributed by atoms with Gasteiger partial charge in [0.15, 0.2) is 0 Å². The molecule has 7 heteroatoms. The molecule has 6 nitrogen and oxygen atoms in total. The number of hydrogen-bond acceptors (Lipinski definition) is 4. The molecule has 2 aliphatic rings. The van der Waals surface area contributed by atoms with Gasteiger partial charge in [-0.3, -0.25) is 4.90 Å². The summed E-state index contributed by atoms with van der Waals surface area (Å²) in [5, 5.41) is 0. The van der Waals surface area contributed by atoms with E-state index < -0.39 is 10.2 Å². The highest BCUT2D eigenvalue weighted by Gasteiger charge is 2.40. The summed E-state index contributed by atoms with van der Waals surface area (Å²) in [7, 11) is -3.41. The minimum Gasteiger partial charge on any atom is -0.369 e. The molecule has 1 aliphatic heterocycles. The van der Waals surface area contributed by atoms with Crippen molar-refractivity contribution >= 4 is 15.9 Å². The normalized spacial score (nSPS) is 21.3. The van der Waals surface area contributed by atoms with E-state index in [1.165, 1.54) is 24.9 Å². The smallest absolute Gasteiger partial charge is 0.276 e. The molecule has 1 aromatic rings. The fourth-order valence-corrected chi connectivity index (χ4v) is 5.44. The molecule has 1 heterocycles. The molecule has 0 aromatic heterocycles. The Balaban J connectivity index is 1.63. The number of nitrogens with zero attached hydrogens (tertiary/aromatic N) is 2. The van der Waals surface area contributed by atoms with Crippen LogP contribution >= 0.6 is 0 Å². The van der Waals surface area contributed by atoms with Gasteiger partial charge in [-0.25, -0.2) is 9.44 Å². The molecule has 1 saturated carbocycles. The molecule has 27 heavy (non-hydrogen) atoms. The molecule has 2 fully saturated rings. The van der Waals surface area contributed by atoms with Crippen LogP contribution in [0.2, 0.25) is 0 Å². The third kappa shape index (κ3) is 5.44. The number of para-hydroxylation sites is 1. The van der Waals surface area contributed by atoms with Gasteiger partial charge >= 0.3 is 0 Å². The Kier molecular flexibility index (Phi) is 7.14. The summed E-state index contributed by atoms with van der Waals surface area (Å²) < 4.78 is 30.0. The van der Waals surface area contributed by atoms with Gasteiger partial charge < -0.3 is 4.90 Å². The molecule has 0 spiro atoms. The van der Waals surface area contributed by atoms with Gasteiger partial charge in [-0.2, -0.15) is 8.42 Å². The van der Waals surface area contributed by atoms with Crippen LogP contribution in [0, 0.1) is 0 Å². The van der Waals surface area contributed by atoms with Crippen LogP contribution in [0.3, 0.4) is 0 Å². The van der Waals surface area contributed by atoms with Gasteiger partial charge in [0, 0.05) is 50.5 Å². The Morgan fingerprint density at radius 1 is 0.963 bits per heavy atom. The molecule has 1 aliphatic carbocycles. The van der Waals surface area contributed by atoms with Crippen LogP contribution in [-0.2, 0) is 10.2 Å². The van der Waals surface area contributed by atoms with E-state index in [2.05, 4.69) is 49.6 Å². The Bertz CT molecular complexity index is 666. The topological polar surface area (TPSA) is 64.7 Å². The molecule has 152 valence electrons. The molecule has 0 bridgehead atoms. The summed E-state index contributed by atoms with van der Waals surface area (Å²) in [6.45, 7) is 6.92. The molecular weight excluding hydrogens is 360 g/mol. The quantitative estimate of drug-likeness (QED) is 0.710. The zero-order valence-corrected chi connectivity index (χ0v) is 17.3. The standard InChI is InChI=1S/C20H34N4O2S/c1-2-13-21-27(25,26)22-18-20(11-7-4-8-12-20)24-16-14-23(15-17-24)19-9-5-3-6-10-19/h3,5-6,9-10,21-22H,2,4,7-8,11-18H2,1H3. The van der Waals surface area contributed by atoms with Crippen molar-refractivity contribution in [3.63, 3.8) is 0 Å². The molecule has 0 radical (unpaired) electrons. The molecule has 0 unspecified atom stereocenters. The number of anilines is 1. The van der Waals surface area contributed by atoms with E-state index in [0.717, 1.165) is 45.4 Å². The fraction of sp³-hybridized carbons (Fsp3) is 0.700. The maximum absolute atomic E-state index is 12.2. The first-order valence-electron chi connectivity index (χ1n) is 10.3. The van der Waals surface area contributed by atoms with Crippen LogP contribution in [0.5, 0.6) is 0 Å². The van der Waals surface area contributed by atoms with Crippen LogP contribution in [-0.4, -0.2) is 58.1 Å². The maximum Gasteiger partial charge on any atom is 0.276 e. The van der Waals surface area contributed by atoms with Crippen molar-refractivity contribution in [3.05, 3.63) is 30.3 Å². The van der Waals surface area contributed by atoms with Gasteiger partial charge in [0.1, 0.15) is 0 Å². The van der Waals surface area contributed by atoms with E-state index in [0.29, 0.717) is 13.1 Å². The minimum absolute atomic E-state index is 0.0397. The van der Waals surface area contributed by atoms with Gasteiger partial charge in [0.2, 0.25) is 0 Å². The highest BCUT2D eigenvalue weighted by Crippen LogP contribution is 2.34. The number of rotatable bonds is 8. The molecular formula is C20H34N4O2S. The molecule has 1 saturated heterocycles. The van der Waals surface area contributed by atoms with E-state index in [4.69, 9.17) is 0 Å². The summed E-state index contributed by atoms with van der Waals surface area (Å²) in [5.74, 6) is 0. The monoisotopic (exact) mass is 394 g/mol. The number of piperazine rings is 1. The Hall–Kier alpha value is -1.15. The third-order valence-corrected chi connectivity index (χ3v) is 7.10. The van der Waals surface area contributed by atoms with E-state index in [9.17, 15) is 8.42 Å². The van der Waals surface area contributed by atoms with Crippen molar-refractivity contribution in [1.29, 1.82) is 0 Å². The molecule has 3 rings (SSSR count). The molecule has 1 aromatic carbocycles. The van der Waals surface area contributed by atoms with Crippen molar-refractivity contribution in [2.24, 2.45) is 0 Å². The van der Waals surface area contributed by atoms with Crippen molar-refractivity contribution in [2.75, 3.05) is 44.2 Å². The van der Waals surface area contributed by atoms with Crippen molar-refractivity contribution in [2.45, 2.75) is 51.0 Å². The first-order valence-corrected chi connectivity index (χ1v) is 11.8. The average molecular weight is 395 g/mol. The van der Waals surface area contributed by atoms with E-state index in [1.54, 1.807) is 0 Å². The second-order valence-electron chi connectivity index (χ2n) is 7.81. The molecule has 0 atom stereocenters.